The normalized spacial score (nSPS) is 15.2. The van der Waals surface area contributed by atoms with Crippen molar-refractivity contribution in [2.45, 2.75) is 51.5 Å². The molecule has 0 bridgehead atoms. The Morgan fingerprint density at radius 2 is 1.75 bits per heavy atom. The minimum Gasteiger partial charge on any atom is -0.0938 e. The maximum atomic E-state index is 8.35. The Morgan fingerprint density at radius 1 is 1.33 bits per heavy atom. The van der Waals surface area contributed by atoms with Crippen molar-refractivity contribution in [3.8, 4) is 0 Å². The second kappa shape index (κ2) is 3.50. The average molecular weight is 185 g/mol. The summed E-state index contributed by atoms with van der Waals surface area (Å²) >= 11 is 0. The molecule has 0 saturated heterocycles. The van der Waals surface area contributed by atoms with Gasteiger partial charge >= 0.3 is 0 Å². The van der Waals surface area contributed by atoms with E-state index in [1.807, 2.05) is 6.92 Å². The van der Waals surface area contributed by atoms with Gasteiger partial charge in [-0.2, -0.15) is 0 Å². The second-order valence-corrected chi connectivity index (χ2v) is 10.6. The fraction of sp³-hybridized carbons (Fsp3) is 1.00. The van der Waals surface area contributed by atoms with Crippen molar-refractivity contribution in [2.24, 2.45) is 5.11 Å². The summed E-state index contributed by atoms with van der Waals surface area (Å²) in [5.41, 5.74) is 8.52. The van der Waals surface area contributed by atoms with Gasteiger partial charge in [0.2, 0.25) is 0 Å². The van der Waals surface area contributed by atoms with Crippen LogP contribution in [-0.2, 0) is 0 Å². The molecule has 0 spiro atoms. The fourth-order valence-corrected chi connectivity index (χ4v) is 2.44. The summed E-state index contributed by atoms with van der Waals surface area (Å²) in [5.74, 6) is 0. The Morgan fingerprint density at radius 3 is 2.00 bits per heavy atom. The van der Waals surface area contributed by atoms with E-state index in [2.05, 4.69) is 43.9 Å². The average Bonchev–Trinajstić information content (AvgIpc) is 1.85. The quantitative estimate of drug-likeness (QED) is 0.272. The van der Waals surface area contributed by atoms with E-state index >= 15 is 0 Å². The van der Waals surface area contributed by atoms with Crippen LogP contribution in [0.4, 0.5) is 0 Å². The summed E-state index contributed by atoms with van der Waals surface area (Å²) in [6.45, 7) is 13.2. The lowest BCUT2D eigenvalue weighted by molar-refractivity contribution is 0.691. The lowest BCUT2D eigenvalue weighted by Gasteiger charge is -2.39. The zero-order valence-corrected chi connectivity index (χ0v) is 9.92. The van der Waals surface area contributed by atoms with E-state index in [1.54, 1.807) is 0 Å². The molecule has 0 aliphatic carbocycles. The predicted octanol–water partition coefficient (Wildman–Crippen LogP) is 3.73. The van der Waals surface area contributed by atoms with Gasteiger partial charge in [-0.3, -0.25) is 0 Å². The number of hydrogen-bond acceptors (Lipinski definition) is 1. The minimum atomic E-state index is -1.45. The van der Waals surface area contributed by atoms with E-state index in [1.165, 1.54) is 0 Å². The van der Waals surface area contributed by atoms with E-state index in [0.29, 0.717) is 5.04 Å². The first kappa shape index (κ1) is 11.5. The topological polar surface area (TPSA) is 48.8 Å². The fourth-order valence-electron chi connectivity index (χ4n) is 0.848. The molecular formula is C8H19N3Si. The number of hydrogen-bond donors (Lipinski definition) is 0. The third kappa shape index (κ3) is 2.25. The molecule has 1 unspecified atom stereocenters. The van der Waals surface area contributed by atoms with Crippen LogP contribution >= 0.6 is 0 Å². The van der Waals surface area contributed by atoms with Gasteiger partial charge in [0.15, 0.2) is 0 Å². The van der Waals surface area contributed by atoms with Gasteiger partial charge in [0.1, 0.15) is 0 Å². The number of azide groups is 1. The molecule has 0 aromatic carbocycles. The summed E-state index contributed by atoms with van der Waals surface area (Å²) in [4.78, 5) is 2.88. The van der Waals surface area contributed by atoms with Crippen LogP contribution in [0.5, 0.6) is 0 Å². The first-order valence-corrected chi connectivity index (χ1v) is 7.35. The van der Waals surface area contributed by atoms with Crippen LogP contribution in [0.25, 0.3) is 10.4 Å². The summed E-state index contributed by atoms with van der Waals surface area (Å²) in [5, 5.41) is 4.10. The van der Waals surface area contributed by atoms with Crippen LogP contribution in [0.2, 0.25) is 18.1 Å². The third-order valence-electron chi connectivity index (χ3n) is 3.20. The van der Waals surface area contributed by atoms with Crippen molar-refractivity contribution in [3.05, 3.63) is 10.4 Å². The van der Waals surface area contributed by atoms with Gasteiger partial charge in [0, 0.05) is 10.6 Å². The van der Waals surface area contributed by atoms with Crippen LogP contribution in [-0.4, -0.2) is 13.7 Å². The summed E-state index contributed by atoms with van der Waals surface area (Å²) < 4.78 is 0. The molecule has 4 heteroatoms. The molecule has 0 aromatic rings. The van der Waals surface area contributed by atoms with Gasteiger partial charge in [-0.05, 0) is 10.6 Å². The van der Waals surface area contributed by atoms with Crippen molar-refractivity contribution in [1.82, 2.24) is 0 Å². The maximum absolute atomic E-state index is 8.35. The molecular weight excluding hydrogens is 166 g/mol. The SMILES string of the molecule is CC(N=[N+]=[N-])[Si](C)(C)C(C)(C)C. The van der Waals surface area contributed by atoms with Crippen molar-refractivity contribution in [2.75, 3.05) is 0 Å². The van der Waals surface area contributed by atoms with E-state index in [0.717, 1.165) is 0 Å². The molecule has 0 fully saturated rings. The summed E-state index contributed by atoms with van der Waals surface area (Å²) in [6.07, 6.45) is 0. The monoisotopic (exact) mass is 185 g/mol. The number of nitrogens with zero attached hydrogens (tertiary/aromatic N) is 3. The van der Waals surface area contributed by atoms with Crippen LogP contribution in [0.1, 0.15) is 27.7 Å². The Bertz CT molecular complexity index is 199. The van der Waals surface area contributed by atoms with Gasteiger partial charge in [0.25, 0.3) is 0 Å². The smallest absolute Gasteiger partial charge is 0.0626 e. The highest BCUT2D eigenvalue weighted by Crippen LogP contribution is 2.38. The molecule has 0 radical (unpaired) electrons. The molecule has 0 N–H and O–H groups in total. The Kier molecular flexibility index (Phi) is 3.36. The molecule has 1 atom stereocenters. The van der Waals surface area contributed by atoms with Crippen LogP contribution in [0.15, 0.2) is 5.11 Å². The van der Waals surface area contributed by atoms with Gasteiger partial charge < -0.3 is 0 Å². The largest absolute Gasteiger partial charge is 0.0938 e. The molecule has 0 heterocycles. The lowest BCUT2D eigenvalue weighted by atomic mass is 10.2. The van der Waals surface area contributed by atoms with Crippen LogP contribution < -0.4 is 0 Å². The molecule has 12 heavy (non-hydrogen) atoms. The summed E-state index contributed by atoms with van der Waals surface area (Å²) in [6, 6.07) is 0. The lowest BCUT2D eigenvalue weighted by Crippen LogP contribution is -2.46. The highest BCUT2D eigenvalue weighted by Gasteiger charge is 2.39. The Hall–Kier alpha value is -0.473. The highest BCUT2D eigenvalue weighted by atomic mass is 28.3. The first-order chi connectivity index (χ1) is 5.23. The van der Waals surface area contributed by atoms with Crippen molar-refractivity contribution >= 4 is 8.07 Å². The van der Waals surface area contributed by atoms with Crippen molar-refractivity contribution < 1.29 is 0 Å². The van der Waals surface area contributed by atoms with Crippen LogP contribution in [0.3, 0.4) is 0 Å². The molecule has 0 rings (SSSR count). The van der Waals surface area contributed by atoms with E-state index < -0.39 is 8.07 Å². The minimum absolute atomic E-state index is 0.169. The van der Waals surface area contributed by atoms with E-state index in [4.69, 9.17) is 5.53 Å². The van der Waals surface area contributed by atoms with Crippen LogP contribution in [0, 0.1) is 0 Å². The molecule has 0 aliphatic rings. The first-order valence-electron chi connectivity index (χ1n) is 4.27. The molecule has 0 amide bonds. The number of rotatable bonds is 2. The van der Waals surface area contributed by atoms with E-state index in [-0.39, 0.29) is 5.67 Å². The zero-order valence-electron chi connectivity index (χ0n) is 8.92. The van der Waals surface area contributed by atoms with Crippen molar-refractivity contribution in [3.63, 3.8) is 0 Å². The van der Waals surface area contributed by atoms with Crippen molar-refractivity contribution in [1.29, 1.82) is 0 Å². The van der Waals surface area contributed by atoms with Gasteiger partial charge in [-0.1, -0.05) is 45.9 Å². The molecule has 0 saturated carbocycles. The third-order valence-corrected chi connectivity index (χ3v) is 9.27. The molecule has 0 aliphatic heterocycles. The molecule has 3 nitrogen and oxygen atoms in total. The highest BCUT2D eigenvalue weighted by molar-refractivity contribution is 6.81. The van der Waals surface area contributed by atoms with Gasteiger partial charge in [-0.25, -0.2) is 0 Å². The maximum Gasteiger partial charge on any atom is 0.0626 e. The summed E-state index contributed by atoms with van der Waals surface area (Å²) in [7, 11) is -1.45. The van der Waals surface area contributed by atoms with Gasteiger partial charge in [0.05, 0.1) is 8.07 Å². The standard InChI is InChI=1S/C8H19N3Si/c1-7(10-11-9)12(5,6)8(2,3)4/h7H,1-6H3. The van der Waals surface area contributed by atoms with E-state index in [9.17, 15) is 0 Å². The predicted molar refractivity (Wildman–Crippen MR) is 55.8 cm³/mol. The molecule has 70 valence electrons. The second-order valence-electron chi connectivity index (χ2n) is 4.85. The van der Waals surface area contributed by atoms with Gasteiger partial charge in [-0.15, -0.1) is 0 Å². The Balaban J connectivity index is 4.72. The molecule has 0 aromatic heterocycles. The Labute approximate surface area is 75.8 Å². The zero-order chi connectivity index (χ0) is 9.99.